The van der Waals surface area contributed by atoms with E-state index in [1.807, 2.05) is 6.07 Å². The highest BCUT2D eigenvalue weighted by atomic mass is 16.5. The predicted octanol–water partition coefficient (Wildman–Crippen LogP) is 12.2. The second-order valence-electron chi connectivity index (χ2n) is 13.9. The summed E-state index contributed by atoms with van der Waals surface area (Å²) < 4.78 is 6.77. The zero-order chi connectivity index (χ0) is 35.6. The standard InChI is InChI=1S/C50H31N3O/c1-3-13-32(14-4-1)33-25-27-35(28-26-33)47-51-48(53-49(52-47)41-22-11-16-34-15-7-8-19-38(34)41)36-29-30-44-43(31-36)50(37-17-5-2-6-18-37)42-23-10-9-20-39(42)40-21-12-24-45(54-44)46(40)50/h1-31H. The van der Waals surface area contributed by atoms with Crippen LogP contribution in [0.5, 0.6) is 11.5 Å². The molecule has 1 aromatic heterocycles. The van der Waals surface area contributed by atoms with E-state index in [0.717, 1.165) is 50.1 Å². The highest BCUT2D eigenvalue weighted by Gasteiger charge is 2.51. The molecule has 1 aliphatic heterocycles. The van der Waals surface area contributed by atoms with Gasteiger partial charge in [-0.2, -0.15) is 0 Å². The monoisotopic (exact) mass is 689 g/mol. The maximum absolute atomic E-state index is 6.77. The summed E-state index contributed by atoms with van der Waals surface area (Å²) in [6.45, 7) is 0. The van der Waals surface area contributed by atoms with Gasteiger partial charge in [0.25, 0.3) is 0 Å². The van der Waals surface area contributed by atoms with E-state index in [4.69, 9.17) is 19.7 Å². The molecule has 9 aromatic rings. The van der Waals surface area contributed by atoms with Crippen LogP contribution < -0.4 is 4.74 Å². The van der Waals surface area contributed by atoms with Crippen LogP contribution >= 0.6 is 0 Å². The smallest absolute Gasteiger partial charge is 0.164 e. The van der Waals surface area contributed by atoms with Crippen LogP contribution in [-0.2, 0) is 5.41 Å². The SMILES string of the molecule is c1ccc(-c2ccc(-c3nc(-c4ccc5c(c4)C4(c6ccccc6)c6ccccc6-c6cccc(c64)O5)nc(-c4cccc5ccccc45)n3)cc2)cc1. The van der Waals surface area contributed by atoms with Gasteiger partial charge >= 0.3 is 0 Å². The van der Waals surface area contributed by atoms with Crippen molar-refractivity contribution in [3.05, 3.63) is 210 Å². The molecule has 54 heavy (non-hydrogen) atoms. The summed E-state index contributed by atoms with van der Waals surface area (Å²) in [5, 5.41) is 2.23. The van der Waals surface area contributed by atoms with Gasteiger partial charge in [0.15, 0.2) is 17.5 Å². The van der Waals surface area contributed by atoms with Crippen molar-refractivity contribution in [2.75, 3.05) is 0 Å². The van der Waals surface area contributed by atoms with Gasteiger partial charge in [-0.05, 0) is 68.4 Å². The topological polar surface area (TPSA) is 47.9 Å². The summed E-state index contributed by atoms with van der Waals surface area (Å²) in [7, 11) is 0. The Bertz CT molecular complexity index is 2900. The van der Waals surface area contributed by atoms with Gasteiger partial charge in [0.05, 0.1) is 5.41 Å². The fraction of sp³-hybridized carbons (Fsp3) is 0.0200. The van der Waals surface area contributed by atoms with E-state index in [1.165, 1.54) is 33.4 Å². The Morgan fingerprint density at radius 2 is 0.963 bits per heavy atom. The van der Waals surface area contributed by atoms with Crippen LogP contribution in [0.1, 0.15) is 22.3 Å². The van der Waals surface area contributed by atoms with Gasteiger partial charge < -0.3 is 4.74 Å². The number of nitrogens with zero attached hydrogens (tertiary/aromatic N) is 3. The van der Waals surface area contributed by atoms with Crippen LogP contribution in [0.4, 0.5) is 0 Å². The average molecular weight is 690 g/mol. The fourth-order valence-corrected chi connectivity index (χ4v) is 8.62. The zero-order valence-electron chi connectivity index (χ0n) is 29.1. The molecule has 4 heteroatoms. The van der Waals surface area contributed by atoms with Crippen molar-refractivity contribution in [1.29, 1.82) is 0 Å². The van der Waals surface area contributed by atoms with Crippen molar-refractivity contribution in [2.45, 2.75) is 5.41 Å². The van der Waals surface area contributed by atoms with Gasteiger partial charge in [-0.3, -0.25) is 0 Å². The lowest BCUT2D eigenvalue weighted by Crippen LogP contribution is -2.32. The highest BCUT2D eigenvalue weighted by molar-refractivity contribution is 5.95. The largest absolute Gasteiger partial charge is 0.457 e. The summed E-state index contributed by atoms with van der Waals surface area (Å²) in [4.78, 5) is 15.6. The summed E-state index contributed by atoms with van der Waals surface area (Å²) in [6, 6.07) is 66.0. The minimum Gasteiger partial charge on any atom is -0.457 e. The van der Waals surface area contributed by atoms with Crippen LogP contribution in [0.3, 0.4) is 0 Å². The maximum Gasteiger partial charge on any atom is 0.164 e. The van der Waals surface area contributed by atoms with E-state index in [2.05, 4.69) is 182 Å². The zero-order valence-corrected chi connectivity index (χ0v) is 29.1. The minimum absolute atomic E-state index is 0.588. The second kappa shape index (κ2) is 11.9. The van der Waals surface area contributed by atoms with Crippen molar-refractivity contribution in [1.82, 2.24) is 15.0 Å². The molecule has 1 atom stereocenters. The summed E-state index contributed by atoms with van der Waals surface area (Å²) >= 11 is 0. The van der Waals surface area contributed by atoms with Gasteiger partial charge in [-0.15, -0.1) is 0 Å². The van der Waals surface area contributed by atoms with E-state index in [9.17, 15) is 0 Å². The van der Waals surface area contributed by atoms with E-state index >= 15 is 0 Å². The molecule has 4 nitrogen and oxygen atoms in total. The molecule has 0 N–H and O–H groups in total. The lowest BCUT2D eigenvalue weighted by molar-refractivity contribution is 0.438. The van der Waals surface area contributed by atoms with E-state index in [0.29, 0.717) is 17.5 Å². The number of hydrogen-bond donors (Lipinski definition) is 0. The summed E-state index contributed by atoms with van der Waals surface area (Å²) in [5.74, 6) is 3.56. The van der Waals surface area contributed by atoms with Crippen molar-refractivity contribution in [3.63, 3.8) is 0 Å². The second-order valence-corrected chi connectivity index (χ2v) is 13.9. The third kappa shape index (κ3) is 4.53. The number of benzene rings is 8. The highest BCUT2D eigenvalue weighted by Crippen LogP contribution is 2.63. The Morgan fingerprint density at radius 1 is 0.370 bits per heavy atom. The number of ether oxygens (including phenoxy) is 1. The first-order valence-corrected chi connectivity index (χ1v) is 18.3. The molecular weight excluding hydrogens is 659 g/mol. The normalized spacial score (nSPS) is 14.9. The van der Waals surface area contributed by atoms with Gasteiger partial charge in [0.1, 0.15) is 11.5 Å². The van der Waals surface area contributed by atoms with Crippen LogP contribution in [-0.4, -0.2) is 15.0 Å². The van der Waals surface area contributed by atoms with Crippen molar-refractivity contribution in [3.8, 4) is 67.9 Å². The Labute approximate surface area is 313 Å². The van der Waals surface area contributed by atoms with E-state index in [1.54, 1.807) is 0 Å². The molecule has 252 valence electrons. The van der Waals surface area contributed by atoms with Gasteiger partial charge in [0.2, 0.25) is 0 Å². The molecule has 0 amide bonds. The third-order valence-corrected chi connectivity index (χ3v) is 11.0. The quantitative estimate of drug-likeness (QED) is 0.180. The van der Waals surface area contributed by atoms with Crippen LogP contribution in [0.15, 0.2) is 188 Å². The van der Waals surface area contributed by atoms with Crippen LogP contribution in [0.2, 0.25) is 0 Å². The Hall–Kier alpha value is -7.17. The Kier molecular flexibility index (Phi) is 6.73. The molecule has 8 aromatic carbocycles. The molecule has 0 radical (unpaired) electrons. The van der Waals surface area contributed by atoms with Gasteiger partial charge in [-0.25, -0.2) is 15.0 Å². The number of hydrogen-bond acceptors (Lipinski definition) is 4. The predicted molar refractivity (Wildman–Crippen MR) is 216 cm³/mol. The maximum atomic E-state index is 6.77. The third-order valence-electron chi connectivity index (χ3n) is 11.0. The van der Waals surface area contributed by atoms with Crippen LogP contribution in [0, 0.1) is 0 Å². The summed E-state index contributed by atoms with van der Waals surface area (Å²) in [5.41, 5.74) is 11.6. The first-order chi connectivity index (χ1) is 26.8. The molecular formula is C50H31N3O. The number of fused-ring (bicyclic) bond motifs is 6. The number of rotatable bonds is 5. The number of aromatic nitrogens is 3. The van der Waals surface area contributed by atoms with Crippen molar-refractivity contribution >= 4 is 10.8 Å². The first-order valence-electron chi connectivity index (χ1n) is 18.3. The lowest BCUT2D eigenvalue weighted by atomic mass is 9.66. The molecule has 1 aliphatic carbocycles. The molecule has 0 spiro atoms. The van der Waals surface area contributed by atoms with E-state index < -0.39 is 5.41 Å². The van der Waals surface area contributed by atoms with Crippen molar-refractivity contribution in [2.24, 2.45) is 0 Å². The van der Waals surface area contributed by atoms with Gasteiger partial charge in [0, 0.05) is 27.8 Å². The molecule has 1 unspecified atom stereocenters. The molecule has 0 saturated carbocycles. The first kappa shape index (κ1) is 30.5. The Balaban J connectivity index is 1.14. The van der Waals surface area contributed by atoms with Crippen LogP contribution in [0.25, 0.3) is 67.2 Å². The molecule has 2 heterocycles. The van der Waals surface area contributed by atoms with Gasteiger partial charge in [-0.1, -0.05) is 164 Å². The van der Waals surface area contributed by atoms with Crippen molar-refractivity contribution < 1.29 is 4.74 Å². The fourth-order valence-electron chi connectivity index (χ4n) is 8.62. The summed E-state index contributed by atoms with van der Waals surface area (Å²) in [6.07, 6.45) is 0. The Morgan fingerprint density at radius 3 is 1.81 bits per heavy atom. The molecule has 2 aliphatic rings. The molecule has 0 bridgehead atoms. The lowest BCUT2D eigenvalue weighted by Gasteiger charge is -2.39. The average Bonchev–Trinajstić information content (AvgIpc) is 3.56. The molecule has 11 rings (SSSR count). The molecule has 0 saturated heterocycles. The molecule has 0 fully saturated rings. The van der Waals surface area contributed by atoms with E-state index in [-0.39, 0.29) is 0 Å². The minimum atomic E-state index is -0.588.